The molecule has 0 aromatic heterocycles. The van der Waals surface area contributed by atoms with E-state index in [0.717, 1.165) is 24.8 Å². The quantitative estimate of drug-likeness (QED) is 0.358. The highest BCUT2D eigenvalue weighted by atomic mass is 16.5. The summed E-state index contributed by atoms with van der Waals surface area (Å²) in [5.41, 5.74) is 1.11. The van der Waals surface area contributed by atoms with Gasteiger partial charge in [-0.05, 0) is 19.3 Å². The van der Waals surface area contributed by atoms with Crippen molar-refractivity contribution in [1.29, 1.82) is 0 Å². The van der Waals surface area contributed by atoms with Crippen LogP contribution in [0.25, 0.3) is 0 Å². The lowest BCUT2D eigenvalue weighted by Gasteiger charge is -2.00. The van der Waals surface area contributed by atoms with Gasteiger partial charge in [0, 0.05) is 6.08 Å². The maximum Gasteiger partial charge on any atom is 0.330 e. The third-order valence-electron chi connectivity index (χ3n) is 1.65. The van der Waals surface area contributed by atoms with Crippen molar-refractivity contribution in [1.82, 2.24) is 0 Å². The number of hydrogen-bond acceptors (Lipinski definition) is 2. The predicted octanol–water partition coefficient (Wildman–Crippen LogP) is 2.46. The standard InChI is InChI=1S/C10H16O2/c1-4-6-7-9(5-2)8-10(11)12-3/h4,8H,1,5-7H2,2-3H3/b9-8+. The minimum atomic E-state index is -0.268. The smallest absolute Gasteiger partial charge is 0.330 e. The van der Waals surface area contributed by atoms with Gasteiger partial charge in [-0.1, -0.05) is 18.6 Å². The van der Waals surface area contributed by atoms with Gasteiger partial charge in [-0.3, -0.25) is 0 Å². The summed E-state index contributed by atoms with van der Waals surface area (Å²) in [5.74, 6) is -0.268. The number of ether oxygens (including phenoxy) is 1. The fourth-order valence-corrected chi connectivity index (χ4v) is 0.864. The van der Waals surface area contributed by atoms with Gasteiger partial charge in [0.15, 0.2) is 0 Å². The Labute approximate surface area is 73.9 Å². The van der Waals surface area contributed by atoms with Crippen molar-refractivity contribution in [3.8, 4) is 0 Å². The summed E-state index contributed by atoms with van der Waals surface area (Å²) in [6.45, 7) is 5.65. The topological polar surface area (TPSA) is 26.3 Å². The molecular formula is C10H16O2. The van der Waals surface area contributed by atoms with Crippen LogP contribution in [0, 0.1) is 0 Å². The molecule has 0 aliphatic carbocycles. The summed E-state index contributed by atoms with van der Waals surface area (Å²) in [6, 6.07) is 0. The number of carbonyl (C=O) groups is 1. The lowest BCUT2D eigenvalue weighted by Crippen LogP contribution is -1.96. The molecule has 0 aromatic rings. The molecular weight excluding hydrogens is 152 g/mol. The zero-order chi connectivity index (χ0) is 9.40. The van der Waals surface area contributed by atoms with E-state index < -0.39 is 0 Å². The first kappa shape index (κ1) is 11.0. The zero-order valence-electron chi connectivity index (χ0n) is 7.80. The van der Waals surface area contributed by atoms with Crippen LogP contribution in [0.1, 0.15) is 26.2 Å². The molecule has 0 aliphatic rings. The molecule has 0 bridgehead atoms. The highest BCUT2D eigenvalue weighted by Gasteiger charge is 1.98. The Hall–Kier alpha value is -1.05. The summed E-state index contributed by atoms with van der Waals surface area (Å²) in [7, 11) is 1.39. The molecule has 0 unspecified atom stereocenters. The van der Waals surface area contributed by atoms with Gasteiger partial charge in [-0.15, -0.1) is 6.58 Å². The van der Waals surface area contributed by atoms with Crippen LogP contribution in [0.2, 0.25) is 0 Å². The van der Waals surface area contributed by atoms with E-state index in [1.54, 1.807) is 6.08 Å². The van der Waals surface area contributed by atoms with Crippen molar-refractivity contribution in [2.24, 2.45) is 0 Å². The van der Waals surface area contributed by atoms with E-state index in [2.05, 4.69) is 11.3 Å². The third kappa shape index (κ3) is 4.72. The molecule has 0 heterocycles. The first-order valence-electron chi connectivity index (χ1n) is 4.12. The normalized spacial score (nSPS) is 11.0. The molecule has 0 radical (unpaired) electrons. The van der Waals surface area contributed by atoms with Gasteiger partial charge >= 0.3 is 5.97 Å². The molecule has 2 heteroatoms. The van der Waals surface area contributed by atoms with Crippen molar-refractivity contribution < 1.29 is 9.53 Å². The molecule has 0 rings (SSSR count). The Morgan fingerprint density at radius 1 is 1.58 bits per heavy atom. The van der Waals surface area contributed by atoms with Crippen LogP contribution < -0.4 is 0 Å². The molecule has 0 amide bonds. The lowest BCUT2D eigenvalue weighted by molar-refractivity contribution is -0.134. The van der Waals surface area contributed by atoms with Crippen molar-refractivity contribution in [2.75, 3.05) is 7.11 Å². The van der Waals surface area contributed by atoms with E-state index in [9.17, 15) is 4.79 Å². The van der Waals surface area contributed by atoms with E-state index in [1.807, 2.05) is 13.0 Å². The second-order valence-corrected chi connectivity index (χ2v) is 2.51. The van der Waals surface area contributed by atoms with Gasteiger partial charge in [0.25, 0.3) is 0 Å². The fourth-order valence-electron chi connectivity index (χ4n) is 0.864. The van der Waals surface area contributed by atoms with E-state index in [4.69, 9.17) is 0 Å². The number of hydrogen-bond donors (Lipinski definition) is 0. The molecule has 0 aromatic carbocycles. The number of esters is 1. The molecule has 0 aliphatic heterocycles. The monoisotopic (exact) mass is 168 g/mol. The second kappa shape index (κ2) is 6.65. The maximum absolute atomic E-state index is 10.8. The fraction of sp³-hybridized carbons (Fsp3) is 0.500. The van der Waals surface area contributed by atoms with Crippen LogP contribution in [-0.2, 0) is 9.53 Å². The molecule has 0 spiro atoms. The minimum absolute atomic E-state index is 0.268. The highest BCUT2D eigenvalue weighted by molar-refractivity contribution is 5.82. The Morgan fingerprint density at radius 2 is 2.25 bits per heavy atom. The Kier molecular flexibility index (Phi) is 6.07. The van der Waals surface area contributed by atoms with Gasteiger partial charge < -0.3 is 4.74 Å². The Bertz CT molecular complexity index is 180. The van der Waals surface area contributed by atoms with Gasteiger partial charge in [0.05, 0.1) is 7.11 Å². The van der Waals surface area contributed by atoms with Crippen LogP contribution in [0.4, 0.5) is 0 Å². The van der Waals surface area contributed by atoms with Crippen LogP contribution in [0.3, 0.4) is 0 Å². The molecule has 2 nitrogen and oxygen atoms in total. The Balaban J connectivity index is 4.02. The van der Waals surface area contributed by atoms with Crippen molar-refractivity contribution in [3.05, 3.63) is 24.3 Å². The summed E-state index contributed by atoms with van der Waals surface area (Å²) in [5, 5.41) is 0. The summed E-state index contributed by atoms with van der Waals surface area (Å²) < 4.78 is 4.52. The molecule has 0 saturated carbocycles. The second-order valence-electron chi connectivity index (χ2n) is 2.51. The highest BCUT2D eigenvalue weighted by Crippen LogP contribution is 2.09. The number of rotatable bonds is 5. The van der Waals surface area contributed by atoms with E-state index in [-0.39, 0.29) is 5.97 Å². The first-order chi connectivity index (χ1) is 5.74. The molecule has 12 heavy (non-hydrogen) atoms. The van der Waals surface area contributed by atoms with E-state index >= 15 is 0 Å². The summed E-state index contributed by atoms with van der Waals surface area (Å²) in [6.07, 6.45) is 6.11. The molecule has 0 saturated heterocycles. The average molecular weight is 168 g/mol. The van der Waals surface area contributed by atoms with Gasteiger partial charge in [0.2, 0.25) is 0 Å². The van der Waals surface area contributed by atoms with Crippen LogP contribution >= 0.6 is 0 Å². The van der Waals surface area contributed by atoms with Gasteiger partial charge in [-0.2, -0.15) is 0 Å². The molecule has 0 fully saturated rings. The van der Waals surface area contributed by atoms with Crippen molar-refractivity contribution in [3.63, 3.8) is 0 Å². The average Bonchev–Trinajstić information content (AvgIpc) is 2.11. The summed E-state index contributed by atoms with van der Waals surface area (Å²) >= 11 is 0. The molecule has 0 atom stereocenters. The van der Waals surface area contributed by atoms with Crippen molar-refractivity contribution >= 4 is 5.97 Å². The Morgan fingerprint density at radius 3 is 2.67 bits per heavy atom. The van der Waals surface area contributed by atoms with Crippen LogP contribution in [0.15, 0.2) is 24.3 Å². The SMILES string of the molecule is C=CCC/C(=C/C(=O)OC)CC. The van der Waals surface area contributed by atoms with Crippen LogP contribution in [0.5, 0.6) is 0 Å². The predicted molar refractivity (Wildman–Crippen MR) is 49.8 cm³/mol. The lowest BCUT2D eigenvalue weighted by atomic mass is 10.1. The number of carbonyl (C=O) groups excluding carboxylic acids is 1. The van der Waals surface area contributed by atoms with Gasteiger partial charge in [-0.25, -0.2) is 4.79 Å². The zero-order valence-corrected chi connectivity index (χ0v) is 7.80. The van der Waals surface area contributed by atoms with E-state index in [0.29, 0.717) is 0 Å². The number of allylic oxidation sites excluding steroid dienone is 2. The number of methoxy groups -OCH3 is 1. The summed E-state index contributed by atoms with van der Waals surface area (Å²) in [4.78, 5) is 10.8. The third-order valence-corrected chi connectivity index (χ3v) is 1.65. The molecule has 68 valence electrons. The first-order valence-corrected chi connectivity index (χ1v) is 4.12. The minimum Gasteiger partial charge on any atom is -0.466 e. The molecule has 0 N–H and O–H groups in total. The van der Waals surface area contributed by atoms with E-state index in [1.165, 1.54) is 7.11 Å². The van der Waals surface area contributed by atoms with Gasteiger partial charge in [0.1, 0.15) is 0 Å². The maximum atomic E-state index is 10.8. The largest absolute Gasteiger partial charge is 0.466 e. The van der Waals surface area contributed by atoms with Crippen LogP contribution in [-0.4, -0.2) is 13.1 Å². The van der Waals surface area contributed by atoms with Crippen molar-refractivity contribution in [2.45, 2.75) is 26.2 Å².